The first kappa shape index (κ1) is 21.1. The molecule has 2 aromatic carbocycles. The minimum atomic E-state index is -0.700. The molecule has 0 spiro atoms. The van der Waals surface area contributed by atoms with E-state index in [1.807, 2.05) is 26.0 Å². The molecule has 2 aliphatic heterocycles. The summed E-state index contributed by atoms with van der Waals surface area (Å²) < 4.78 is 6.72. The lowest BCUT2D eigenvalue weighted by molar-refractivity contribution is 0.0554. The van der Waals surface area contributed by atoms with Gasteiger partial charge in [-0.25, -0.2) is 0 Å². The second-order valence-electron chi connectivity index (χ2n) is 7.88. The van der Waals surface area contributed by atoms with Gasteiger partial charge in [0.05, 0.1) is 17.7 Å². The SMILES string of the molecule is Cc1[nH]c(C2=NNC(CN3C(=O)c4ccccc4C3=O)O2)c(C)c1C(=O)c1cccc(Br)c1. The number of rotatable bonds is 5. The highest BCUT2D eigenvalue weighted by molar-refractivity contribution is 9.10. The molecule has 33 heavy (non-hydrogen) atoms. The average molecular weight is 507 g/mol. The molecule has 0 saturated heterocycles. The summed E-state index contributed by atoms with van der Waals surface area (Å²) in [5.74, 6) is -0.556. The van der Waals surface area contributed by atoms with Gasteiger partial charge in [0.2, 0.25) is 6.23 Å². The van der Waals surface area contributed by atoms with Gasteiger partial charge in [0, 0.05) is 21.3 Å². The van der Waals surface area contributed by atoms with Crippen LogP contribution in [-0.2, 0) is 4.74 Å². The fraction of sp³-hybridized carbons (Fsp3) is 0.167. The van der Waals surface area contributed by atoms with E-state index in [9.17, 15) is 14.4 Å². The summed E-state index contributed by atoms with van der Waals surface area (Å²) in [6.07, 6.45) is -0.700. The van der Waals surface area contributed by atoms with Gasteiger partial charge in [0.1, 0.15) is 5.69 Å². The number of hydrogen-bond acceptors (Lipinski definition) is 6. The van der Waals surface area contributed by atoms with Gasteiger partial charge in [-0.1, -0.05) is 40.2 Å². The van der Waals surface area contributed by atoms with Gasteiger partial charge in [0.15, 0.2) is 5.78 Å². The number of aryl methyl sites for hydroxylation is 1. The Balaban J connectivity index is 1.33. The lowest BCUT2D eigenvalue weighted by Crippen LogP contribution is -2.41. The summed E-state index contributed by atoms with van der Waals surface area (Å²) in [6.45, 7) is 3.65. The van der Waals surface area contributed by atoms with Crippen LogP contribution in [0.25, 0.3) is 0 Å². The van der Waals surface area contributed by atoms with Crippen molar-refractivity contribution in [1.82, 2.24) is 15.3 Å². The summed E-state index contributed by atoms with van der Waals surface area (Å²) in [5.41, 5.74) is 6.70. The topological polar surface area (TPSA) is 104 Å². The number of ether oxygens (including phenoxy) is 1. The molecule has 9 heteroatoms. The molecule has 1 unspecified atom stereocenters. The molecule has 8 nitrogen and oxygen atoms in total. The van der Waals surface area contributed by atoms with Crippen LogP contribution in [0.3, 0.4) is 0 Å². The van der Waals surface area contributed by atoms with Crippen LogP contribution in [0.1, 0.15) is 53.6 Å². The number of ketones is 1. The molecule has 0 aliphatic carbocycles. The highest BCUT2D eigenvalue weighted by Gasteiger charge is 2.38. The minimum absolute atomic E-state index is 0.00190. The van der Waals surface area contributed by atoms with E-state index in [0.717, 1.165) is 9.37 Å². The molecule has 1 atom stereocenters. The lowest BCUT2D eigenvalue weighted by atomic mass is 10.00. The maximum atomic E-state index is 13.1. The van der Waals surface area contributed by atoms with Gasteiger partial charge >= 0.3 is 0 Å². The Morgan fingerprint density at radius 2 is 1.79 bits per heavy atom. The maximum absolute atomic E-state index is 13.1. The molecular weight excluding hydrogens is 488 g/mol. The smallest absolute Gasteiger partial charge is 0.261 e. The number of fused-ring (bicyclic) bond motifs is 1. The first-order chi connectivity index (χ1) is 15.8. The standard InChI is InChI=1S/C24H19BrN4O4/c1-12-19(21(30)14-6-5-7-15(25)10-14)13(2)26-20(12)22-28-27-18(33-22)11-29-23(31)16-8-3-4-9-17(16)24(29)32/h3-10,18,26-27H,11H2,1-2H3. The third-order valence-corrected chi connectivity index (χ3v) is 6.25. The number of hydrogen-bond donors (Lipinski definition) is 2. The molecule has 0 radical (unpaired) electrons. The number of imide groups is 1. The van der Waals surface area contributed by atoms with Crippen molar-refractivity contribution in [3.05, 3.63) is 92.2 Å². The number of aromatic nitrogens is 1. The molecule has 0 bridgehead atoms. The monoisotopic (exact) mass is 506 g/mol. The zero-order chi connectivity index (χ0) is 23.3. The zero-order valence-electron chi connectivity index (χ0n) is 17.8. The molecule has 3 aromatic rings. The molecular formula is C24H19BrN4O4. The number of nitrogens with one attached hydrogen (secondary N) is 2. The quantitative estimate of drug-likeness (QED) is 0.406. The van der Waals surface area contributed by atoms with E-state index >= 15 is 0 Å². The van der Waals surface area contributed by atoms with Crippen molar-refractivity contribution in [1.29, 1.82) is 0 Å². The summed E-state index contributed by atoms with van der Waals surface area (Å²) in [5, 5.41) is 4.24. The fourth-order valence-electron chi connectivity index (χ4n) is 4.16. The number of hydrazone groups is 1. The fourth-order valence-corrected chi connectivity index (χ4v) is 4.56. The zero-order valence-corrected chi connectivity index (χ0v) is 19.4. The molecule has 0 saturated carbocycles. The molecule has 2 N–H and O–H groups in total. The molecule has 1 aromatic heterocycles. The largest absolute Gasteiger partial charge is 0.448 e. The Hall–Kier alpha value is -3.72. The van der Waals surface area contributed by atoms with Crippen LogP contribution in [0.2, 0.25) is 0 Å². The van der Waals surface area contributed by atoms with Crippen LogP contribution < -0.4 is 5.43 Å². The number of nitrogens with zero attached hydrogens (tertiary/aromatic N) is 2. The van der Waals surface area contributed by atoms with Gasteiger partial charge in [-0.2, -0.15) is 0 Å². The van der Waals surface area contributed by atoms with Crippen molar-refractivity contribution in [2.24, 2.45) is 5.10 Å². The summed E-state index contributed by atoms with van der Waals surface area (Å²) in [7, 11) is 0. The van der Waals surface area contributed by atoms with Crippen LogP contribution in [0, 0.1) is 13.8 Å². The van der Waals surface area contributed by atoms with Crippen molar-refractivity contribution in [3.63, 3.8) is 0 Å². The highest BCUT2D eigenvalue weighted by Crippen LogP contribution is 2.26. The van der Waals surface area contributed by atoms with E-state index < -0.39 is 6.23 Å². The summed E-state index contributed by atoms with van der Waals surface area (Å²) in [4.78, 5) is 42.7. The first-order valence-corrected chi connectivity index (χ1v) is 11.1. The van der Waals surface area contributed by atoms with E-state index in [-0.39, 0.29) is 30.0 Å². The Bertz CT molecular complexity index is 1330. The highest BCUT2D eigenvalue weighted by atomic mass is 79.9. The Morgan fingerprint density at radius 1 is 1.09 bits per heavy atom. The summed E-state index contributed by atoms with van der Waals surface area (Å²) >= 11 is 3.40. The van der Waals surface area contributed by atoms with E-state index in [4.69, 9.17) is 4.74 Å². The van der Waals surface area contributed by atoms with Crippen LogP contribution >= 0.6 is 15.9 Å². The Morgan fingerprint density at radius 3 is 2.45 bits per heavy atom. The molecule has 5 rings (SSSR count). The van der Waals surface area contributed by atoms with E-state index in [1.54, 1.807) is 36.4 Å². The molecule has 3 heterocycles. The summed E-state index contributed by atoms with van der Waals surface area (Å²) in [6, 6.07) is 13.9. The van der Waals surface area contributed by atoms with Crippen LogP contribution in [0.15, 0.2) is 58.1 Å². The van der Waals surface area contributed by atoms with Crippen molar-refractivity contribution >= 4 is 39.4 Å². The van der Waals surface area contributed by atoms with Crippen LogP contribution in [-0.4, -0.2) is 46.2 Å². The third-order valence-electron chi connectivity index (χ3n) is 5.76. The minimum Gasteiger partial charge on any atom is -0.448 e. The Labute approximate surface area is 197 Å². The van der Waals surface area contributed by atoms with Crippen molar-refractivity contribution in [3.8, 4) is 0 Å². The second-order valence-corrected chi connectivity index (χ2v) is 8.80. The second kappa shape index (κ2) is 8.00. The normalized spacial score (nSPS) is 17.0. The number of carbonyl (C=O) groups excluding carboxylic acids is 3. The number of aromatic amines is 1. The van der Waals surface area contributed by atoms with Gasteiger partial charge in [0.25, 0.3) is 17.7 Å². The average Bonchev–Trinajstić information content (AvgIpc) is 3.45. The third kappa shape index (κ3) is 3.54. The van der Waals surface area contributed by atoms with Crippen LogP contribution in [0.4, 0.5) is 0 Å². The maximum Gasteiger partial charge on any atom is 0.261 e. The Kier molecular flexibility index (Phi) is 5.13. The molecule has 2 aliphatic rings. The number of benzene rings is 2. The van der Waals surface area contributed by atoms with Crippen molar-refractivity contribution in [2.45, 2.75) is 20.1 Å². The molecule has 0 fully saturated rings. The predicted molar refractivity (Wildman–Crippen MR) is 124 cm³/mol. The lowest BCUT2D eigenvalue weighted by Gasteiger charge is -2.18. The van der Waals surface area contributed by atoms with E-state index in [2.05, 4.69) is 31.4 Å². The van der Waals surface area contributed by atoms with Crippen molar-refractivity contribution in [2.75, 3.05) is 6.54 Å². The van der Waals surface area contributed by atoms with Gasteiger partial charge in [-0.15, -0.1) is 5.10 Å². The first-order valence-electron chi connectivity index (χ1n) is 10.3. The van der Waals surface area contributed by atoms with Gasteiger partial charge in [-0.3, -0.25) is 24.7 Å². The van der Waals surface area contributed by atoms with Crippen molar-refractivity contribution < 1.29 is 19.1 Å². The van der Waals surface area contributed by atoms with Gasteiger partial charge < -0.3 is 9.72 Å². The predicted octanol–water partition coefficient (Wildman–Crippen LogP) is 3.53. The van der Waals surface area contributed by atoms with Crippen LogP contribution in [0.5, 0.6) is 0 Å². The number of halogens is 1. The van der Waals surface area contributed by atoms with Gasteiger partial charge in [-0.05, 0) is 43.7 Å². The van der Waals surface area contributed by atoms with E-state index in [1.165, 1.54) is 0 Å². The molecule has 166 valence electrons. The number of carbonyl (C=O) groups is 3. The number of amides is 2. The number of H-pyrrole nitrogens is 1. The van der Waals surface area contributed by atoms with E-state index in [0.29, 0.717) is 39.2 Å². The molecule has 2 amide bonds.